The molecule has 2 aromatic carbocycles. The Bertz CT molecular complexity index is 1190. The lowest BCUT2D eigenvalue weighted by Crippen LogP contribution is -2.24. The van der Waals surface area contributed by atoms with Crippen molar-refractivity contribution < 1.29 is 23.5 Å². The van der Waals surface area contributed by atoms with Crippen molar-refractivity contribution in [3.63, 3.8) is 0 Å². The average Bonchev–Trinajstić information content (AvgIpc) is 3.25. The number of carbonyl (C=O) groups excluding carboxylic acids is 3. The molecule has 1 amide bonds. The lowest BCUT2D eigenvalue weighted by Gasteiger charge is -2.10. The number of carbonyl (C=O) groups is 3. The first-order valence-electron chi connectivity index (χ1n) is 9.14. The largest absolute Gasteiger partial charge is 0.456 e. The number of benzene rings is 2. The zero-order chi connectivity index (χ0) is 21.3. The fraction of sp³-hybridized carbons (Fsp3) is 0.190. The first-order valence-corrected chi connectivity index (χ1v) is 9.14. The fourth-order valence-corrected chi connectivity index (χ4v) is 3.14. The summed E-state index contributed by atoms with van der Waals surface area (Å²) in [6, 6.07) is 13.7. The van der Waals surface area contributed by atoms with Crippen LogP contribution in [0, 0.1) is 0 Å². The Morgan fingerprint density at radius 1 is 1.13 bits per heavy atom. The lowest BCUT2D eigenvalue weighted by atomic mass is 10.1. The Morgan fingerprint density at radius 3 is 2.67 bits per heavy atom. The van der Waals surface area contributed by atoms with Gasteiger partial charge < -0.3 is 14.1 Å². The number of fused-ring (bicyclic) bond motifs is 1. The Kier molecular flexibility index (Phi) is 5.01. The van der Waals surface area contributed by atoms with Gasteiger partial charge in [0.1, 0.15) is 6.54 Å². The number of hydrogen-bond acceptors (Lipinski definition) is 7. The predicted octanol–water partition coefficient (Wildman–Crippen LogP) is 1.45. The molecule has 1 aromatic heterocycles. The van der Waals surface area contributed by atoms with Crippen LogP contribution in [-0.4, -0.2) is 41.1 Å². The summed E-state index contributed by atoms with van der Waals surface area (Å²) in [7, 11) is 1.67. The summed E-state index contributed by atoms with van der Waals surface area (Å²) in [5, 5.41) is 3.97. The Morgan fingerprint density at radius 2 is 1.90 bits per heavy atom. The van der Waals surface area contributed by atoms with Crippen LogP contribution in [0.2, 0.25) is 0 Å². The number of rotatable bonds is 6. The molecule has 4 rings (SSSR count). The van der Waals surface area contributed by atoms with Crippen molar-refractivity contribution in [1.82, 2.24) is 9.78 Å². The third-order valence-corrected chi connectivity index (χ3v) is 4.75. The molecule has 0 spiro atoms. The number of nitrogens with zero attached hydrogens (tertiary/aromatic N) is 3. The topological polar surface area (TPSA) is 112 Å². The number of Topliss-reactive ketones (excluding diaryl/α,β-unsaturated/α-hetero) is 1. The minimum Gasteiger partial charge on any atom is -0.456 e. The van der Waals surface area contributed by atoms with Crippen molar-refractivity contribution >= 4 is 23.3 Å². The van der Waals surface area contributed by atoms with Crippen molar-refractivity contribution in [2.45, 2.75) is 13.0 Å². The zero-order valence-electron chi connectivity index (χ0n) is 16.0. The summed E-state index contributed by atoms with van der Waals surface area (Å²) in [4.78, 5) is 49.6. The number of hydrogen-bond donors (Lipinski definition) is 0. The number of likely N-dealkylation sites (N-methyl/N-ethyl adjacent to an activating group) is 1. The van der Waals surface area contributed by atoms with E-state index in [4.69, 9.17) is 9.15 Å². The first kappa shape index (κ1) is 19.3. The van der Waals surface area contributed by atoms with Crippen molar-refractivity contribution in [2.24, 2.45) is 0 Å². The number of aromatic nitrogens is 2. The summed E-state index contributed by atoms with van der Waals surface area (Å²) in [6.07, 6.45) is 0.228. The third kappa shape index (κ3) is 3.77. The highest BCUT2D eigenvalue weighted by Gasteiger charge is 2.25. The molecule has 1 aliphatic heterocycles. The molecule has 30 heavy (non-hydrogen) atoms. The second kappa shape index (κ2) is 7.78. The number of ketones is 1. The van der Waals surface area contributed by atoms with E-state index in [1.165, 1.54) is 4.90 Å². The number of amides is 1. The number of esters is 1. The molecule has 3 aromatic rings. The van der Waals surface area contributed by atoms with Gasteiger partial charge >= 0.3 is 11.7 Å². The van der Waals surface area contributed by atoms with E-state index in [1.54, 1.807) is 49.5 Å². The van der Waals surface area contributed by atoms with E-state index in [-0.39, 0.29) is 18.2 Å². The Hall–Kier alpha value is -4.01. The van der Waals surface area contributed by atoms with Crippen LogP contribution in [0.1, 0.15) is 15.9 Å². The molecule has 0 unspecified atom stereocenters. The highest BCUT2D eigenvalue weighted by Crippen LogP contribution is 2.28. The van der Waals surface area contributed by atoms with E-state index in [0.29, 0.717) is 11.1 Å². The SMILES string of the molecule is CN1C(=O)Cc2cc(C(=O)COC(=O)Cn3nc(-c4ccccc4)oc3=O)ccc21. The molecule has 0 aliphatic carbocycles. The molecule has 2 heterocycles. The highest BCUT2D eigenvalue weighted by molar-refractivity contribution is 6.03. The van der Waals surface area contributed by atoms with Gasteiger partial charge in [-0.05, 0) is 35.9 Å². The monoisotopic (exact) mass is 407 g/mol. The summed E-state index contributed by atoms with van der Waals surface area (Å²) < 4.78 is 10.9. The molecule has 0 saturated heterocycles. The summed E-state index contributed by atoms with van der Waals surface area (Å²) >= 11 is 0. The van der Waals surface area contributed by atoms with E-state index in [1.807, 2.05) is 6.07 Å². The van der Waals surface area contributed by atoms with Crippen molar-refractivity contribution in [3.05, 3.63) is 70.2 Å². The van der Waals surface area contributed by atoms with Crippen LogP contribution in [0.4, 0.5) is 5.69 Å². The van der Waals surface area contributed by atoms with Crippen molar-refractivity contribution in [1.29, 1.82) is 0 Å². The van der Waals surface area contributed by atoms with Gasteiger partial charge in [-0.3, -0.25) is 14.4 Å². The maximum atomic E-state index is 12.3. The third-order valence-electron chi connectivity index (χ3n) is 4.75. The molecule has 0 N–H and O–H groups in total. The van der Waals surface area contributed by atoms with Crippen LogP contribution in [-0.2, 0) is 27.3 Å². The maximum Gasteiger partial charge on any atom is 0.437 e. The minimum absolute atomic E-state index is 0.0473. The van der Waals surface area contributed by atoms with Crippen LogP contribution in [0.15, 0.2) is 57.7 Å². The van der Waals surface area contributed by atoms with Gasteiger partial charge in [-0.1, -0.05) is 18.2 Å². The summed E-state index contributed by atoms with van der Waals surface area (Å²) in [5.41, 5.74) is 2.45. The van der Waals surface area contributed by atoms with Gasteiger partial charge in [-0.15, -0.1) is 5.10 Å². The maximum absolute atomic E-state index is 12.3. The zero-order valence-corrected chi connectivity index (χ0v) is 16.0. The van der Waals surface area contributed by atoms with Crippen LogP contribution >= 0.6 is 0 Å². The minimum atomic E-state index is -0.801. The molecule has 0 atom stereocenters. The summed E-state index contributed by atoms with van der Waals surface area (Å²) in [6.45, 7) is -0.967. The fourth-order valence-electron chi connectivity index (χ4n) is 3.14. The van der Waals surface area contributed by atoms with E-state index in [2.05, 4.69) is 5.10 Å². The molecular formula is C21H17N3O6. The van der Waals surface area contributed by atoms with Crippen LogP contribution in [0.25, 0.3) is 11.5 Å². The van der Waals surface area contributed by atoms with Gasteiger partial charge in [-0.2, -0.15) is 4.68 Å². The van der Waals surface area contributed by atoms with E-state index in [0.717, 1.165) is 15.9 Å². The van der Waals surface area contributed by atoms with Gasteiger partial charge in [0.15, 0.2) is 12.4 Å². The Labute approximate surface area is 170 Å². The van der Waals surface area contributed by atoms with Crippen LogP contribution in [0.5, 0.6) is 0 Å². The van der Waals surface area contributed by atoms with Crippen LogP contribution < -0.4 is 10.7 Å². The first-order chi connectivity index (χ1) is 14.4. The second-order valence-electron chi connectivity index (χ2n) is 6.75. The summed E-state index contributed by atoms with van der Waals surface area (Å²) in [5.74, 6) is -1.97. The molecule has 9 nitrogen and oxygen atoms in total. The standard InChI is InChI=1S/C21H17N3O6/c1-23-16-8-7-14(9-15(16)10-18(23)26)17(25)12-29-19(27)11-24-21(28)30-20(22-24)13-5-3-2-4-6-13/h2-9H,10-12H2,1H3. The van der Waals surface area contributed by atoms with Crippen LogP contribution in [0.3, 0.4) is 0 Å². The Balaban J connectivity index is 1.37. The van der Waals surface area contributed by atoms with Gasteiger partial charge in [0.2, 0.25) is 11.8 Å². The van der Waals surface area contributed by atoms with Crippen molar-refractivity contribution in [3.8, 4) is 11.5 Å². The van der Waals surface area contributed by atoms with Gasteiger partial charge in [-0.25, -0.2) is 4.79 Å². The molecule has 152 valence electrons. The predicted molar refractivity (Wildman–Crippen MR) is 105 cm³/mol. The van der Waals surface area contributed by atoms with E-state index < -0.39 is 30.7 Å². The average molecular weight is 407 g/mol. The number of ether oxygens (including phenoxy) is 1. The molecular weight excluding hydrogens is 390 g/mol. The molecule has 0 bridgehead atoms. The second-order valence-corrected chi connectivity index (χ2v) is 6.75. The quantitative estimate of drug-likeness (QED) is 0.449. The van der Waals surface area contributed by atoms with Crippen molar-refractivity contribution in [2.75, 3.05) is 18.6 Å². The highest BCUT2D eigenvalue weighted by atomic mass is 16.5. The molecule has 0 fully saturated rings. The van der Waals surface area contributed by atoms with Gasteiger partial charge in [0, 0.05) is 23.9 Å². The molecule has 9 heteroatoms. The van der Waals surface area contributed by atoms with Gasteiger partial charge in [0.25, 0.3) is 0 Å². The van der Waals surface area contributed by atoms with E-state index >= 15 is 0 Å². The smallest absolute Gasteiger partial charge is 0.437 e. The number of anilines is 1. The normalized spacial score (nSPS) is 12.7. The van der Waals surface area contributed by atoms with E-state index in [9.17, 15) is 19.2 Å². The molecule has 0 radical (unpaired) electrons. The molecule has 0 saturated carbocycles. The van der Waals surface area contributed by atoms with Gasteiger partial charge in [0.05, 0.1) is 6.42 Å². The lowest BCUT2D eigenvalue weighted by molar-refractivity contribution is -0.143. The molecule has 1 aliphatic rings.